The summed E-state index contributed by atoms with van der Waals surface area (Å²) in [6.45, 7) is 3.04. The van der Waals surface area contributed by atoms with Crippen LogP contribution in [0.25, 0.3) is 0 Å². The molecule has 0 aliphatic heterocycles. The molecule has 0 atom stereocenters. The maximum atomic E-state index is 11.2. The number of nitrogens with two attached hydrogens (primary N) is 1. The average Bonchev–Trinajstić information content (AvgIpc) is 2.54. The van der Waals surface area contributed by atoms with Crippen molar-refractivity contribution in [2.45, 2.75) is 96.8 Å². The molecule has 0 saturated carbocycles. The normalized spacial score (nSPS) is 10.5. The summed E-state index contributed by atoms with van der Waals surface area (Å²) >= 11 is 0. The zero-order chi connectivity index (χ0) is 17.9. The maximum Gasteiger partial charge on any atom is 0.312 e. The predicted octanol–water partition coefficient (Wildman–Crippen LogP) is 4.68. The highest BCUT2D eigenvalue weighted by Gasteiger charge is 2.00. The highest BCUT2D eigenvalue weighted by molar-refractivity contribution is 5.71. The van der Waals surface area contributed by atoms with Crippen molar-refractivity contribution in [1.82, 2.24) is 5.32 Å². The molecule has 0 radical (unpaired) electrons. The van der Waals surface area contributed by atoms with Crippen LogP contribution in [0.3, 0.4) is 0 Å². The Morgan fingerprint density at radius 2 is 1.17 bits per heavy atom. The first-order chi connectivity index (χ1) is 11.7. The van der Waals surface area contributed by atoms with Gasteiger partial charge in [-0.15, -0.1) is 0 Å². The summed E-state index contributed by atoms with van der Waals surface area (Å²) in [7, 11) is 0. The molecule has 0 aromatic heterocycles. The molecule has 142 valence electrons. The average molecular weight is 343 g/mol. The van der Waals surface area contributed by atoms with Gasteiger partial charge in [0.1, 0.15) is 0 Å². The lowest BCUT2D eigenvalue weighted by molar-refractivity contribution is -0.143. The standard InChI is InChI=1S/C19H38N2O3/c1-2-24-18(22)16-14-12-10-8-6-4-3-5-7-9-11-13-15-17-21-19(20)23/h2-17H2,1H3,(H3,20,21,23). The van der Waals surface area contributed by atoms with E-state index in [1.165, 1.54) is 64.2 Å². The summed E-state index contributed by atoms with van der Waals surface area (Å²) < 4.78 is 4.91. The van der Waals surface area contributed by atoms with E-state index in [9.17, 15) is 9.59 Å². The molecule has 0 aliphatic rings. The summed E-state index contributed by atoms with van der Waals surface area (Å²) in [5, 5.41) is 2.62. The third-order valence-corrected chi connectivity index (χ3v) is 4.16. The first-order valence-corrected chi connectivity index (χ1v) is 9.85. The van der Waals surface area contributed by atoms with E-state index in [4.69, 9.17) is 10.5 Å². The molecule has 0 aromatic rings. The SMILES string of the molecule is CCOC(=O)CCCCCCCCCCCCCCCNC(N)=O. The van der Waals surface area contributed by atoms with Gasteiger partial charge < -0.3 is 15.8 Å². The highest BCUT2D eigenvalue weighted by Crippen LogP contribution is 2.13. The molecule has 5 nitrogen and oxygen atoms in total. The number of esters is 1. The van der Waals surface area contributed by atoms with E-state index in [0.29, 0.717) is 19.6 Å². The van der Waals surface area contributed by atoms with Crippen LogP contribution >= 0.6 is 0 Å². The summed E-state index contributed by atoms with van der Waals surface area (Å²) in [4.78, 5) is 21.6. The summed E-state index contributed by atoms with van der Waals surface area (Å²) in [6, 6.07) is -0.422. The van der Waals surface area contributed by atoms with Gasteiger partial charge in [0.2, 0.25) is 0 Å². The van der Waals surface area contributed by atoms with Gasteiger partial charge in [-0.2, -0.15) is 0 Å². The van der Waals surface area contributed by atoms with Crippen LogP contribution in [0.5, 0.6) is 0 Å². The number of amides is 2. The maximum absolute atomic E-state index is 11.2. The number of carbonyl (C=O) groups excluding carboxylic acids is 2. The zero-order valence-corrected chi connectivity index (χ0v) is 15.6. The minimum atomic E-state index is -0.422. The lowest BCUT2D eigenvalue weighted by Gasteiger charge is -2.04. The Balaban J connectivity index is 3.05. The van der Waals surface area contributed by atoms with Crippen molar-refractivity contribution in [3.05, 3.63) is 0 Å². The third-order valence-electron chi connectivity index (χ3n) is 4.16. The Hall–Kier alpha value is -1.26. The molecular weight excluding hydrogens is 304 g/mol. The Bertz CT molecular complexity index is 309. The topological polar surface area (TPSA) is 81.4 Å². The number of hydrogen-bond donors (Lipinski definition) is 2. The summed E-state index contributed by atoms with van der Waals surface area (Å²) in [5.74, 6) is -0.0540. The Kier molecular flexibility index (Phi) is 17.1. The molecule has 0 heterocycles. The fourth-order valence-electron chi connectivity index (χ4n) is 2.78. The number of unbranched alkanes of at least 4 members (excludes halogenated alkanes) is 12. The molecular formula is C19H38N2O3. The van der Waals surface area contributed by atoms with Gasteiger partial charge in [-0.25, -0.2) is 4.79 Å². The molecule has 0 aromatic carbocycles. The molecule has 0 rings (SSSR count). The molecule has 0 unspecified atom stereocenters. The van der Waals surface area contributed by atoms with Gasteiger partial charge in [0.15, 0.2) is 0 Å². The van der Waals surface area contributed by atoms with Gasteiger partial charge >= 0.3 is 12.0 Å². The van der Waals surface area contributed by atoms with Crippen LogP contribution in [-0.2, 0) is 9.53 Å². The Morgan fingerprint density at radius 3 is 1.58 bits per heavy atom. The fraction of sp³-hybridized carbons (Fsp3) is 0.895. The Labute approximate surface area is 148 Å². The second kappa shape index (κ2) is 18.1. The summed E-state index contributed by atoms with van der Waals surface area (Å²) in [6.07, 6.45) is 16.6. The number of nitrogens with one attached hydrogen (secondary N) is 1. The number of ether oxygens (including phenoxy) is 1. The first-order valence-electron chi connectivity index (χ1n) is 9.85. The number of urea groups is 1. The smallest absolute Gasteiger partial charge is 0.312 e. The van der Waals surface area contributed by atoms with Crippen molar-refractivity contribution < 1.29 is 14.3 Å². The van der Waals surface area contributed by atoms with E-state index in [1.807, 2.05) is 6.92 Å². The quantitative estimate of drug-likeness (QED) is 0.297. The van der Waals surface area contributed by atoms with E-state index >= 15 is 0 Å². The molecule has 0 spiro atoms. The van der Waals surface area contributed by atoms with Crippen LogP contribution in [0, 0.1) is 0 Å². The van der Waals surface area contributed by atoms with Crippen molar-refractivity contribution in [2.24, 2.45) is 5.73 Å². The lowest BCUT2D eigenvalue weighted by atomic mass is 10.0. The van der Waals surface area contributed by atoms with Crippen LogP contribution in [0.15, 0.2) is 0 Å². The van der Waals surface area contributed by atoms with Crippen LogP contribution in [0.4, 0.5) is 4.79 Å². The van der Waals surface area contributed by atoms with Gasteiger partial charge in [-0.1, -0.05) is 70.6 Å². The van der Waals surface area contributed by atoms with Crippen molar-refractivity contribution in [1.29, 1.82) is 0 Å². The van der Waals surface area contributed by atoms with Crippen molar-refractivity contribution in [3.8, 4) is 0 Å². The van der Waals surface area contributed by atoms with Gasteiger partial charge in [-0.3, -0.25) is 4.79 Å². The second-order valence-electron chi connectivity index (χ2n) is 6.44. The third kappa shape index (κ3) is 18.8. The van der Waals surface area contributed by atoms with E-state index in [2.05, 4.69) is 5.32 Å². The van der Waals surface area contributed by atoms with Crippen LogP contribution < -0.4 is 11.1 Å². The Morgan fingerprint density at radius 1 is 0.750 bits per heavy atom. The van der Waals surface area contributed by atoms with E-state index in [0.717, 1.165) is 19.3 Å². The van der Waals surface area contributed by atoms with E-state index < -0.39 is 6.03 Å². The molecule has 0 saturated heterocycles. The monoisotopic (exact) mass is 342 g/mol. The number of carbonyl (C=O) groups is 2. The van der Waals surface area contributed by atoms with E-state index in [1.54, 1.807) is 0 Å². The molecule has 3 N–H and O–H groups in total. The van der Waals surface area contributed by atoms with Crippen molar-refractivity contribution in [3.63, 3.8) is 0 Å². The largest absolute Gasteiger partial charge is 0.466 e. The highest BCUT2D eigenvalue weighted by atomic mass is 16.5. The summed E-state index contributed by atoms with van der Waals surface area (Å²) in [5.41, 5.74) is 5.00. The lowest BCUT2D eigenvalue weighted by Crippen LogP contribution is -2.29. The van der Waals surface area contributed by atoms with Gasteiger partial charge in [0, 0.05) is 13.0 Å². The van der Waals surface area contributed by atoms with Gasteiger partial charge in [-0.05, 0) is 19.8 Å². The predicted molar refractivity (Wildman–Crippen MR) is 98.9 cm³/mol. The fourth-order valence-corrected chi connectivity index (χ4v) is 2.78. The molecule has 0 bridgehead atoms. The number of primary amides is 1. The molecule has 5 heteroatoms. The van der Waals surface area contributed by atoms with Gasteiger partial charge in [0.05, 0.1) is 6.61 Å². The van der Waals surface area contributed by atoms with Crippen LogP contribution in [-0.4, -0.2) is 25.2 Å². The number of hydrogen-bond acceptors (Lipinski definition) is 3. The molecule has 24 heavy (non-hydrogen) atoms. The first kappa shape index (κ1) is 22.7. The van der Waals surface area contributed by atoms with Gasteiger partial charge in [0.25, 0.3) is 0 Å². The zero-order valence-electron chi connectivity index (χ0n) is 15.6. The molecule has 0 aliphatic carbocycles. The van der Waals surface area contributed by atoms with Crippen molar-refractivity contribution in [2.75, 3.05) is 13.2 Å². The minimum Gasteiger partial charge on any atom is -0.466 e. The van der Waals surface area contributed by atoms with Crippen LogP contribution in [0.2, 0.25) is 0 Å². The van der Waals surface area contributed by atoms with Crippen molar-refractivity contribution >= 4 is 12.0 Å². The number of rotatable bonds is 17. The second-order valence-corrected chi connectivity index (χ2v) is 6.44. The van der Waals surface area contributed by atoms with Crippen LogP contribution in [0.1, 0.15) is 96.8 Å². The minimum absolute atomic E-state index is 0.0540. The molecule has 0 fully saturated rings. The molecule has 2 amide bonds. The van der Waals surface area contributed by atoms with E-state index in [-0.39, 0.29) is 5.97 Å².